The summed E-state index contributed by atoms with van der Waals surface area (Å²) in [5.41, 5.74) is 0.811. The Morgan fingerprint density at radius 2 is 2.09 bits per heavy atom. The second-order valence-corrected chi connectivity index (χ2v) is 8.21. The molecule has 2 amide bonds. The van der Waals surface area contributed by atoms with Crippen molar-refractivity contribution in [3.63, 3.8) is 0 Å². The zero-order valence-corrected chi connectivity index (χ0v) is 19.1. The summed E-state index contributed by atoms with van der Waals surface area (Å²) in [5.74, 6) is -3.90. The van der Waals surface area contributed by atoms with E-state index < -0.39 is 43.3 Å². The third-order valence-electron chi connectivity index (χ3n) is 5.28. The molecule has 1 unspecified atom stereocenters. The number of alkyl halides is 2. The Kier molecular flexibility index (Phi) is 8.31. The fourth-order valence-electron chi connectivity index (χ4n) is 3.53. The summed E-state index contributed by atoms with van der Waals surface area (Å²) in [6.45, 7) is 0.795. The van der Waals surface area contributed by atoms with Gasteiger partial charge in [-0.05, 0) is 38.4 Å². The van der Waals surface area contributed by atoms with Gasteiger partial charge in [0.05, 0.1) is 43.5 Å². The molecule has 34 heavy (non-hydrogen) atoms. The van der Waals surface area contributed by atoms with Gasteiger partial charge in [0.2, 0.25) is 5.91 Å². The quantitative estimate of drug-likeness (QED) is 0.521. The number of halogens is 2. The minimum Gasteiger partial charge on any atom is -0.491 e. The van der Waals surface area contributed by atoms with E-state index in [2.05, 4.69) is 10.3 Å². The maximum Gasteiger partial charge on any atom is 0.268 e. The number of nitriles is 1. The highest BCUT2D eigenvalue weighted by molar-refractivity contribution is 6.07. The van der Waals surface area contributed by atoms with Crippen molar-refractivity contribution in [1.82, 2.24) is 20.1 Å². The van der Waals surface area contributed by atoms with Crippen LogP contribution in [-0.2, 0) is 9.53 Å². The fourth-order valence-corrected chi connectivity index (χ4v) is 3.53. The largest absolute Gasteiger partial charge is 0.491 e. The van der Waals surface area contributed by atoms with Gasteiger partial charge in [-0.3, -0.25) is 14.6 Å². The molecule has 1 aromatic carbocycles. The molecule has 1 saturated heterocycles. The molecule has 1 aromatic heterocycles. The summed E-state index contributed by atoms with van der Waals surface area (Å²) >= 11 is 0. The molecular weight excluding hydrogens is 448 g/mol. The number of hydrogen-bond acceptors (Lipinski definition) is 7. The van der Waals surface area contributed by atoms with Gasteiger partial charge in [-0.1, -0.05) is 0 Å². The van der Waals surface area contributed by atoms with Crippen LogP contribution in [0.2, 0.25) is 0 Å². The standard InChI is InChI=1S/C23H27F2N5O4/c1-29(2)7-8-33-9-10-34-17-3-4-20-19(11-17)18(5-6-27-20)22(32)28-14-21(31)30-15-23(24,25)12-16(30)13-26/h3-6,11,16H,7-10,12,14-15H2,1-2H3,(H,28,32). The predicted octanol–water partition coefficient (Wildman–Crippen LogP) is 1.68. The highest BCUT2D eigenvalue weighted by Crippen LogP contribution is 2.31. The Bertz CT molecular complexity index is 1070. The molecule has 0 radical (unpaired) electrons. The van der Waals surface area contributed by atoms with Gasteiger partial charge in [0.15, 0.2) is 0 Å². The van der Waals surface area contributed by atoms with Crippen molar-refractivity contribution in [2.75, 3.05) is 53.6 Å². The topological polar surface area (TPSA) is 108 Å². The van der Waals surface area contributed by atoms with Crippen LogP contribution >= 0.6 is 0 Å². The maximum absolute atomic E-state index is 13.6. The SMILES string of the molecule is CN(C)CCOCCOc1ccc2nccc(C(=O)NCC(=O)N3CC(F)(F)CC3C#N)c2c1. The van der Waals surface area contributed by atoms with Crippen molar-refractivity contribution in [3.8, 4) is 11.8 Å². The predicted molar refractivity (Wildman–Crippen MR) is 120 cm³/mol. The highest BCUT2D eigenvalue weighted by atomic mass is 19.3. The molecule has 1 aliphatic rings. The molecule has 11 heteroatoms. The van der Waals surface area contributed by atoms with Crippen molar-refractivity contribution in [3.05, 3.63) is 36.0 Å². The number of likely N-dealkylation sites (N-methyl/N-ethyl adjacent to an activating group) is 1. The van der Waals surface area contributed by atoms with E-state index in [1.165, 1.54) is 12.3 Å². The normalized spacial score (nSPS) is 17.1. The Morgan fingerprint density at radius 1 is 1.29 bits per heavy atom. The molecule has 9 nitrogen and oxygen atoms in total. The van der Waals surface area contributed by atoms with Crippen molar-refractivity contribution in [2.24, 2.45) is 0 Å². The summed E-state index contributed by atoms with van der Waals surface area (Å²) in [6.07, 6.45) is 0.757. The van der Waals surface area contributed by atoms with Crippen LogP contribution in [0.15, 0.2) is 30.5 Å². The number of hydrogen-bond donors (Lipinski definition) is 1. The number of likely N-dealkylation sites (tertiary alicyclic amines) is 1. The zero-order chi connectivity index (χ0) is 24.7. The van der Waals surface area contributed by atoms with Crippen molar-refractivity contribution >= 4 is 22.7 Å². The smallest absolute Gasteiger partial charge is 0.268 e. The second-order valence-electron chi connectivity index (χ2n) is 8.21. The molecule has 0 spiro atoms. The molecule has 2 heterocycles. The molecule has 1 atom stereocenters. The minimum absolute atomic E-state index is 0.258. The van der Waals surface area contributed by atoms with Gasteiger partial charge < -0.3 is 24.6 Å². The van der Waals surface area contributed by atoms with Crippen LogP contribution in [0.5, 0.6) is 5.75 Å². The number of nitrogens with one attached hydrogen (secondary N) is 1. The molecule has 0 saturated carbocycles. The van der Waals surface area contributed by atoms with Gasteiger partial charge in [-0.15, -0.1) is 0 Å². The van der Waals surface area contributed by atoms with E-state index in [4.69, 9.17) is 14.7 Å². The third kappa shape index (κ3) is 6.59. The Balaban J connectivity index is 1.61. The van der Waals surface area contributed by atoms with Gasteiger partial charge in [-0.25, -0.2) is 8.78 Å². The molecule has 1 fully saturated rings. The van der Waals surface area contributed by atoms with E-state index >= 15 is 0 Å². The number of pyridine rings is 1. The van der Waals surface area contributed by atoms with Crippen LogP contribution < -0.4 is 10.1 Å². The lowest BCUT2D eigenvalue weighted by Crippen LogP contribution is -2.43. The van der Waals surface area contributed by atoms with E-state index in [9.17, 15) is 18.4 Å². The maximum atomic E-state index is 13.6. The average Bonchev–Trinajstić information content (AvgIpc) is 3.13. The van der Waals surface area contributed by atoms with Crippen molar-refractivity contribution < 1.29 is 27.8 Å². The lowest BCUT2D eigenvalue weighted by Gasteiger charge is -2.19. The molecule has 0 bridgehead atoms. The second kappa shape index (κ2) is 11.2. The summed E-state index contributed by atoms with van der Waals surface area (Å²) in [4.78, 5) is 32.2. The number of aromatic nitrogens is 1. The van der Waals surface area contributed by atoms with E-state index in [1.54, 1.807) is 24.3 Å². The lowest BCUT2D eigenvalue weighted by molar-refractivity contribution is -0.131. The van der Waals surface area contributed by atoms with E-state index in [-0.39, 0.29) is 5.56 Å². The third-order valence-corrected chi connectivity index (χ3v) is 5.28. The van der Waals surface area contributed by atoms with Crippen LogP contribution in [0.3, 0.4) is 0 Å². The number of nitrogens with zero attached hydrogens (tertiary/aromatic N) is 4. The van der Waals surface area contributed by atoms with Gasteiger partial charge in [-0.2, -0.15) is 5.26 Å². The van der Waals surface area contributed by atoms with E-state index in [0.29, 0.717) is 36.5 Å². The van der Waals surface area contributed by atoms with Crippen LogP contribution in [0.4, 0.5) is 8.78 Å². The van der Waals surface area contributed by atoms with Crippen LogP contribution in [0, 0.1) is 11.3 Å². The Labute approximate surface area is 196 Å². The number of carbonyl (C=O) groups is 2. The van der Waals surface area contributed by atoms with Crippen LogP contribution in [0.25, 0.3) is 10.9 Å². The monoisotopic (exact) mass is 475 g/mol. The Morgan fingerprint density at radius 3 is 2.82 bits per heavy atom. The first kappa shape index (κ1) is 25.3. The summed E-state index contributed by atoms with van der Waals surface area (Å²) in [7, 11) is 3.92. The number of ether oxygens (including phenoxy) is 2. The number of rotatable bonds is 10. The van der Waals surface area contributed by atoms with Crippen molar-refractivity contribution in [2.45, 2.75) is 18.4 Å². The number of carbonyl (C=O) groups excluding carboxylic acids is 2. The minimum atomic E-state index is -3.12. The first-order chi connectivity index (χ1) is 16.2. The molecular formula is C23H27F2N5O4. The van der Waals surface area contributed by atoms with E-state index in [1.807, 2.05) is 19.0 Å². The molecule has 1 N–H and O–H groups in total. The molecule has 2 aromatic rings. The van der Waals surface area contributed by atoms with Gasteiger partial charge in [0.1, 0.15) is 18.4 Å². The lowest BCUT2D eigenvalue weighted by atomic mass is 10.1. The summed E-state index contributed by atoms with van der Waals surface area (Å²) in [6, 6.07) is 7.11. The molecule has 1 aliphatic heterocycles. The highest BCUT2D eigenvalue weighted by Gasteiger charge is 2.47. The molecule has 182 valence electrons. The van der Waals surface area contributed by atoms with Gasteiger partial charge >= 0.3 is 0 Å². The summed E-state index contributed by atoms with van der Waals surface area (Å²) in [5, 5.41) is 12.0. The van der Waals surface area contributed by atoms with Crippen LogP contribution in [-0.4, -0.2) is 92.1 Å². The fraction of sp³-hybridized carbons (Fsp3) is 0.478. The van der Waals surface area contributed by atoms with E-state index in [0.717, 1.165) is 11.4 Å². The Hall–Kier alpha value is -3.36. The molecule has 3 rings (SSSR count). The number of amides is 2. The zero-order valence-electron chi connectivity index (χ0n) is 19.1. The van der Waals surface area contributed by atoms with Crippen LogP contribution in [0.1, 0.15) is 16.8 Å². The van der Waals surface area contributed by atoms with Crippen molar-refractivity contribution in [1.29, 1.82) is 5.26 Å². The van der Waals surface area contributed by atoms with Gasteiger partial charge in [0, 0.05) is 24.5 Å². The average molecular weight is 475 g/mol. The van der Waals surface area contributed by atoms with Gasteiger partial charge in [0.25, 0.3) is 11.8 Å². The number of fused-ring (bicyclic) bond motifs is 1. The first-order valence-corrected chi connectivity index (χ1v) is 10.8. The summed E-state index contributed by atoms with van der Waals surface area (Å²) < 4.78 is 38.4. The number of benzene rings is 1. The first-order valence-electron chi connectivity index (χ1n) is 10.8. The molecule has 0 aliphatic carbocycles.